The van der Waals surface area contributed by atoms with Crippen molar-refractivity contribution in [3.05, 3.63) is 36.6 Å². The largest absolute Gasteiger partial charge is 0.465 e. The normalized spacial score (nSPS) is 31.8. The van der Waals surface area contributed by atoms with Crippen molar-refractivity contribution < 1.29 is 19.8 Å². The Morgan fingerprint density at radius 2 is 1.76 bits per heavy atom. The summed E-state index contributed by atoms with van der Waals surface area (Å²) < 4.78 is 0. The second-order valence-corrected chi connectivity index (χ2v) is 8.96. The summed E-state index contributed by atoms with van der Waals surface area (Å²) in [6, 6.07) is 0.585. The van der Waals surface area contributed by atoms with Crippen LogP contribution < -0.4 is 0 Å². The lowest BCUT2D eigenvalue weighted by atomic mass is 9.73. The molecule has 0 aromatic rings. The second-order valence-electron chi connectivity index (χ2n) is 8.96. The lowest BCUT2D eigenvalue weighted by Gasteiger charge is -2.43. The van der Waals surface area contributed by atoms with Gasteiger partial charge >= 0.3 is 12.2 Å². The van der Waals surface area contributed by atoms with Crippen molar-refractivity contribution >= 4 is 12.2 Å². The van der Waals surface area contributed by atoms with Gasteiger partial charge < -0.3 is 20.0 Å². The number of amides is 2. The van der Waals surface area contributed by atoms with E-state index in [1.807, 2.05) is 6.08 Å². The molecule has 3 fully saturated rings. The fraction of sp³-hybridized carbons (Fsp3) is 0.636. The SMILES string of the molecule is C=CC1=C(C=C)C2(CCN(C3CC4CCCN(C(=O)O)C4C3)CC2)CN1C(=O)O. The molecule has 3 heterocycles. The van der Waals surface area contributed by atoms with Gasteiger partial charge in [-0.05, 0) is 69.2 Å². The first-order valence-electron chi connectivity index (χ1n) is 10.6. The molecule has 3 atom stereocenters. The van der Waals surface area contributed by atoms with E-state index in [-0.39, 0.29) is 11.5 Å². The summed E-state index contributed by atoms with van der Waals surface area (Å²) in [5.41, 5.74) is 1.50. The summed E-state index contributed by atoms with van der Waals surface area (Å²) in [7, 11) is 0. The number of hydrogen-bond acceptors (Lipinski definition) is 3. The van der Waals surface area contributed by atoms with Crippen LogP contribution in [0.2, 0.25) is 0 Å². The smallest absolute Gasteiger partial charge is 0.411 e. The molecule has 0 aromatic heterocycles. The van der Waals surface area contributed by atoms with E-state index >= 15 is 0 Å². The topological polar surface area (TPSA) is 84.3 Å². The maximum absolute atomic E-state index is 11.7. The predicted octanol–water partition coefficient (Wildman–Crippen LogP) is 3.61. The summed E-state index contributed by atoms with van der Waals surface area (Å²) in [6.07, 6.45) is 7.60. The highest BCUT2D eigenvalue weighted by molar-refractivity contribution is 5.71. The third kappa shape index (κ3) is 3.25. The van der Waals surface area contributed by atoms with Gasteiger partial charge in [0.05, 0.1) is 5.70 Å². The first-order valence-corrected chi connectivity index (χ1v) is 10.6. The highest BCUT2D eigenvalue weighted by Gasteiger charge is 2.49. The molecular formula is C22H31N3O4. The highest BCUT2D eigenvalue weighted by atomic mass is 16.4. The van der Waals surface area contributed by atoms with Crippen molar-refractivity contribution in [1.29, 1.82) is 0 Å². The summed E-state index contributed by atoms with van der Waals surface area (Å²) in [5.74, 6) is 0.478. The quantitative estimate of drug-likeness (QED) is 0.755. The van der Waals surface area contributed by atoms with Crippen LogP contribution in [0.4, 0.5) is 9.59 Å². The van der Waals surface area contributed by atoms with Gasteiger partial charge in [-0.1, -0.05) is 19.2 Å². The molecule has 29 heavy (non-hydrogen) atoms. The molecule has 3 aliphatic heterocycles. The van der Waals surface area contributed by atoms with Crippen molar-refractivity contribution in [3.63, 3.8) is 0 Å². The number of carboxylic acid groups (broad SMARTS) is 2. The third-order valence-corrected chi connectivity index (χ3v) is 7.75. The number of likely N-dealkylation sites (tertiary alicyclic amines) is 2. The van der Waals surface area contributed by atoms with Crippen molar-refractivity contribution in [2.24, 2.45) is 11.3 Å². The van der Waals surface area contributed by atoms with Crippen LogP contribution in [0, 0.1) is 11.3 Å². The van der Waals surface area contributed by atoms with Crippen LogP contribution in [-0.2, 0) is 0 Å². The Morgan fingerprint density at radius 3 is 2.34 bits per heavy atom. The number of piperidine rings is 2. The van der Waals surface area contributed by atoms with Gasteiger partial charge in [0.2, 0.25) is 0 Å². The molecule has 4 aliphatic rings. The number of hydrogen-bond donors (Lipinski definition) is 2. The van der Waals surface area contributed by atoms with Crippen LogP contribution in [0.25, 0.3) is 0 Å². The molecular weight excluding hydrogens is 370 g/mol. The Labute approximate surface area is 172 Å². The lowest BCUT2D eigenvalue weighted by molar-refractivity contribution is 0.0797. The fourth-order valence-electron chi connectivity index (χ4n) is 6.34. The summed E-state index contributed by atoms with van der Waals surface area (Å²) in [4.78, 5) is 28.9. The fourth-order valence-corrected chi connectivity index (χ4v) is 6.34. The zero-order chi connectivity index (χ0) is 20.8. The van der Waals surface area contributed by atoms with Crippen LogP contribution in [0.5, 0.6) is 0 Å². The molecule has 7 nitrogen and oxygen atoms in total. The Kier molecular flexibility index (Phi) is 5.19. The molecule has 2 N–H and O–H groups in total. The molecule has 4 rings (SSSR count). The van der Waals surface area contributed by atoms with Crippen LogP contribution in [0.3, 0.4) is 0 Å². The van der Waals surface area contributed by atoms with Crippen molar-refractivity contribution in [2.45, 2.75) is 50.6 Å². The lowest BCUT2D eigenvalue weighted by Crippen LogP contribution is -2.48. The van der Waals surface area contributed by atoms with Gasteiger partial charge in [-0.3, -0.25) is 4.90 Å². The highest BCUT2D eigenvalue weighted by Crippen LogP contribution is 2.49. The van der Waals surface area contributed by atoms with Crippen molar-refractivity contribution in [2.75, 3.05) is 26.2 Å². The second kappa shape index (κ2) is 7.52. The molecule has 1 spiro atoms. The minimum atomic E-state index is -0.938. The number of fused-ring (bicyclic) bond motifs is 1. The molecule has 7 heteroatoms. The van der Waals surface area contributed by atoms with Gasteiger partial charge in [0.15, 0.2) is 0 Å². The van der Waals surface area contributed by atoms with E-state index in [9.17, 15) is 19.8 Å². The molecule has 1 aliphatic carbocycles. The van der Waals surface area contributed by atoms with Crippen LogP contribution in [0.1, 0.15) is 38.5 Å². The average molecular weight is 402 g/mol. The molecule has 1 saturated carbocycles. The number of allylic oxidation sites excluding steroid dienone is 2. The maximum Gasteiger partial charge on any atom is 0.411 e. The molecule has 3 unspecified atom stereocenters. The van der Waals surface area contributed by atoms with E-state index in [1.165, 1.54) is 4.90 Å². The van der Waals surface area contributed by atoms with E-state index in [1.54, 1.807) is 11.0 Å². The Morgan fingerprint density at radius 1 is 1.03 bits per heavy atom. The third-order valence-electron chi connectivity index (χ3n) is 7.75. The van der Waals surface area contributed by atoms with Gasteiger partial charge in [-0.2, -0.15) is 0 Å². The summed E-state index contributed by atoms with van der Waals surface area (Å²) in [5, 5.41) is 19.1. The number of rotatable bonds is 3. The van der Waals surface area contributed by atoms with Crippen LogP contribution >= 0.6 is 0 Å². The van der Waals surface area contributed by atoms with Crippen molar-refractivity contribution in [1.82, 2.24) is 14.7 Å². The zero-order valence-electron chi connectivity index (χ0n) is 16.9. The number of nitrogens with zero attached hydrogens (tertiary/aromatic N) is 3. The standard InChI is InChI=1S/C22H31N3O4/c1-3-17-18(4-2)25(21(28)29)14-22(17)7-10-23(11-8-22)16-12-15-6-5-9-24(20(26)27)19(15)13-16/h3-4,15-16,19H,1-2,5-14H2,(H,26,27)(H,28,29). The Hall–Kier alpha value is -2.28. The van der Waals surface area contributed by atoms with Crippen LogP contribution in [-0.4, -0.2) is 75.4 Å². The monoisotopic (exact) mass is 401 g/mol. The van der Waals surface area contributed by atoms with Gasteiger partial charge in [0.25, 0.3) is 0 Å². The predicted molar refractivity (Wildman–Crippen MR) is 110 cm³/mol. The summed E-state index contributed by atoms with van der Waals surface area (Å²) >= 11 is 0. The molecule has 158 valence electrons. The molecule has 0 radical (unpaired) electrons. The first kappa shape index (κ1) is 20.0. The van der Waals surface area contributed by atoms with Crippen LogP contribution in [0.15, 0.2) is 36.6 Å². The average Bonchev–Trinajstić information content (AvgIpc) is 3.27. The molecule has 0 aromatic carbocycles. The van der Waals surface area contributed by atoms with Gasteiger partial charge in [-0.25, -0.2) is 9.59 Å². The molecule has 0 bridgehead atoms. The van der Waals surface area contributed by atoms with E-state index < -0.39 is 12.2 Å². The van der Waals surface area contributed by atoms with E-state index in [0.717, 1.165) is 57.2 Å². The number of carbonyl (C=O) groups is 2. The van der Waals surface area contributed by atoms with Crippen molar-refractivity contribution in [3.8, 4) is 0 Å². The van der Waals surface area contributed by atoms with E-state index in [2.05, 4.69) is 18.1 Å². The first-order chi connectivity index (χ1) is 13.9. The Balaban J connectivity index is 1.46. The van der Waals surface area contributed by atoms with E-state index in [4.69, 9.17) is 0 Å². The molecule has 2 amide bonds. The van der Waals surface area contributed by atoms with Gasteiger partial charge in [0.1, 0.15) is 0 Å². The zero-order valence-corrected chi connectivity index (χ0v) is 16.9. The Bertz CT molecular complexity index is 753. The van der Waals surface area contributed by atoms with Gasteiger partial charge in [0, 0.05) is 30.6 Å². The maximum atomic E-state index is 11.7. The minimum Gasteiger partial charge on any atom is -0.465 e. The van der Waals surface area contributed by atoms with Gasteiger partial charge in [-0.15, -0.1) is 0 Å². The minimum absolute atomic E-state index is 0.159. The van der Waals surface area contributed by atoms with E-state index in [0.29, 0.717) is 30.7 Å². The summed E-state index contributed by atoms with van der Waals surface area (Å²) in [6.45, 7) is 10.7. The molecule has 2 saturated heterocycles.